The smallest absolute Gasteiger partial charge is 0.262 e. The normalized spacial score (nSPS) is 14.4. The second kappa shape index (κ2) is 8.38. The van der Waals surface area contributed by atoms with E-state index >= 15 is 0 Å². The Morgan fingerprint density at radius 1 is 0.929 bits per heavy atom. The highest BCUT2D eigenvalue weighted by Gasteiger charge is 2.44. The van der Waals surface area contributed by atoms with Crippen LogP contribution >= 0.6 is 0 Å². The lowest BCUT2D eigenvalue weighted by Gasteiger charge is -2.32. The number of aryl methyl sites for hydroxylation is 1. The Bertz CT molecular complexity index is 841. The zero-order valence-electron chi connectivity index (χ0n) is 16.6. The zero-order valence-corrected chi connectivity index (χ0v) is 16.6. The molecule has 1 heterocycles. The summed E-state index contributed by atoms with van der Waals surface area (Å²) in [5.41, 5.74) is 1.97. The van der Waals surface area contributed by atoms with E-state index in [4.69, 9.17) is 0 Å². The molecule has 3 amide bonds. The van der Waals surface area contributed by atoms with Gasteiger partial charge in [-0.05, 0) is 36.5 Å². The van der Waals surface area contributed by atoms with Gasteiger partial charge in [-0.3, -0.25) is 19.3 Å². The van der Waals surface area contributed by atoms with Gasteiger partial charge in [0.05, 0.1) is 11.1 Å². The fourth-order valence-electron chi connectivity index (χ4n) is 3.66. The summed E-state index contributed by atoms with van der Waals surface area (Å²) in [6, 6.07) is 16.1. The highest BCUT2D eigenvalue weighted by molar-refractivity contribution is 6.22. The van der Waals surface area contributed by atoms with Gasteiger partial charge in [0, 0.05) is 13.6 Å². The van der Waals surface area contributed by atoms with E-state index in [-0.39, 0.29) is 23.6 Å². The molecule has 0 N–H and O–H groups in total. The molecule has 0 bridgehead atoms. The predicted molar refractivity (Wildman–Crippen MR) is 108 cm³/mol. The van der Waals surface area contributed by atoms with Crippen LogP contribution in [-0.2, 0) is 11.2 Å². The fourth-order valence-corrected chi connectivity index (χ4v) is 3.66. The maximum absolute atomic E-state index is 13.1. The minimum absolute atomic E-state index is 0.175. The van der Waals surface area contributed by atoms with Crippen molar-refractivity contribution in [1.29, 1.82) is 0 Å². The number of carbonyl (C=O) groups excluding carboxylic acids is 3. The predicted octanol–water partition coefficient (Wildman–Crippen LogP) is 3.40. The fraction of sp³-hybridized carbons (Fsp3) is 0.348. The van der Waals surface area contributed by atoms with E-state index in [0.29, 0.717) is 17.7 Å². The average Bonchev–Trinajstić information content (AvgIpc) is 2.94. The number of benzene rings is 2. The molecule has 5 heteroatoms. The van der Waals surface area contributed by atoms with Gasteiger partial charge < -0.3 is 4.90 Å². The molecule has 0 saturated carbocycles. The third-order valence-corrected chi connectivity index (χ3v) is 5.17. The van der Waals surface area contributed by atoms with Gasteiger partial charge in [0.1, 0.15) is 6.04 Å². The van der Waals surface area contributed by atoms with E-state index in [9.17, 15) is 14.4 Å². The lowest BCUT2D eigenvalue weighted by molar-refractivity contribution is -0.135. The van der Waals surface area contributed by atoms with Gasteiger partial charge in [0.2, 0.25) is 5.91 Å². The molecule has 0 radical (unpaired) electrons. The summed E-state index contributed by atoms with van der Waals surface area (Å²) >= 11 is 0. The first kappa shape index (κ1) is 19.8. The van der Waals surface area contributed by atoms with E-state index in [1.54, 1.807) is 36.2 Å². The topological polar surface area (TPSA) is 57.7 Å². The van der Waals surface area contributed by atoms with Crippen LogP contribution in [0.3, 0.4) is 0 Å². The number of carbonyl (C=O) groups is 3. The Kier molecular flexibility index (Phi) is 5.93. The summed E-state index contributed by atoms with van der Waals surface area (Å²) in [4.78, 5) is 41.5. The molecule has 0 aromatic heterocycles. The molecule has 0 fully saturated rings. The molecule has 0 aliphatic carbocycles. The van der Waals surface area contributed by atoms with Gasteiger partial charge in [0.25, 0.3) is 11.8 Å². The van der Waals surface area contributed by atoms with Crippen molar-refractivity contribution in [3.05, 3.63) is 71.3 Å². The molecule has 2 aromatic carbocycles. The van der Waals surface area contributed by atoms with Gasteiger partial charge in [-0.25, -0.2) is 0 Å². The first-order chi connectivity index (χ1) is 13.4. The van der Waals surface area contributed by atoms with Crippen molar-refractivity contribution in [2.45, 2.75) is 32.7 Å². The number of nitrogens with zero attached hydrogens (tertiary/aromatic N) is 2. The Labute approximate surface area is 166 Å². The van der Waals surface area contributed by atoms with Gasteiger partial charge in [-0.15, -0.1) is 0 Å². The number of amides is 3. The molecule has 3 rings (SSSR count). The molecule has 1 aliphatic rings. The number of imide groups is 1. The molecule has 1 aliphatic heterocycles. The second-order valence-electron chi connectivity index (χ2n) is 7.56. The third kappa shape index (κ3) is 3.84. The summed E-state index contributed by atoms with van der Waals surface area (Å²) < 4.78 is 0. The van der Waals surface area contributed by atoms with Crippen molar-refractivity contribution in [1.82, 2.24) is 9.80 Å². The van der Waals surface area contributed by atoms with Crippen LogP contribution in [0.4, 0.5) is 0 Å². The maximum Gasteiger partial charge on any atom is 0.262 e. The largest absolute Gasteiger partial charge is 0.344 e. The lowest BCUT2D eigenvalue weighted by atomic mass is 10.0. The minimum Gasteiger partial charge on any atom is -0.344 e. The Balaban J connectivity index is 1.71. The van der Waals surface area contributed by atoms with Crippen molar-refractivity contribution in [2.24, 2.45) is 5.92 Å². The SMILES string of the molecule is CC(C)C(C(=O)N(C)CCCc1ccccc1)N1C(=O)c2ccccc2C1=O. The molecule has 1 unspecified atom stereocenters. The number of fused-ring (bicyclic) bond motifs is 1. The monoisotopic (exact) mass is 378 g/mol. The van der Waals surface area contributed by atoms with Crippen LogP contribution in [0.15, 0.2) is 54.6 Å². The molecule has 146 valence electrons. The van der Waals surface area contributed by atoms with E-state index in [0.717, 1.165) is 17.7 Å². The van der Waals surface area contributed by atoms with Crippen LogP contribution in [0.2, 0.25) is 0 Å². The first-order valence-electron chi connectivity index (χ1n) is 9.67. The van der Waals surface area contributed by atoms with E-state index in [2.05, 4.69) is 12.1 Å². The summed E-state index contributed by atoms with van der Waals surface area (Å²) in [5, 5.41) is 0. The Hall–Kier alpha value is -2.95. The van der Waals surface area contributed by atoms with Crippen molar-refractivity contribution in [3.63, 3.8) is 0 Å². The van der Waals surface area contributed by atoms with Gasteiger partial charge in [-0.1, -0.05) is 56.3 Å². The molecule has 2 aromatic rings. The highest BCUT2D eigenvalue weighted by Crippen LogP contribution is 2.27. The van der Waals surface area contributed by atoms with Gasteiger partial charge >= 0.3 is 0 Å². The zero-order chi connectivity index (χ0) is 20.3. The molecule has 28 heavy (non-hydrogen) atoms. The quantitative estimate of drug-likeness (QED) is 0.694. The van der Waals surface area contributed by atoms with Crippen molar-refractivity contribution in [2.75, 3.05) is 13.6 Å². The number of rotatable bonds is 7. The Morgan fingerprint density at radius 3 is 2.00 bits per heavy atom. The van der Waals surface area contributed by atoms with Crippen LogP contribution in [0.5, 0.6) is 0 Å². The third-order valence-electron chi connectivity index (χ3n) is 5.17. The first-order valence-corrected chi connectivity index (χ1v) is 9.67. The highest BCUT2D eigenvalue weighted by atomic mass is 16.2. The van der Waals surface area contributed by atoms with Crippen LogP contribution in [0, 0.1) is 5.92 Å². The molecule has 0 saturated heterocycles. The Morgan fingerprint density at radius 2 is 1.46 bits per heavy atom. The number of likely N-dealkylation sites (N-methyl/N-ethyl adjacent to an activating group) is 1. The standard InChI is InChI=1S/C23H26N2O3/c1-16(2)20(25-21(26)18-13-7-8-14-19(18)22(25)27)23(28)24(3)15-9-12-17-10-5-4-6-11-17/h4-8,10-11,13-14,16,20H,9,12,15H2,1-3H3. The second-order valence-corrected chi connectivity index (χ2v) is 7.56. The van der Waals surface area contributed by atoms with Crippen LogP contribution in [0.1, 0.15) is 46.5 Å². The average molecular weight is 378 g/mol. The molecule has 5 nitrogen and oxygen atoms in total. The lowest BCUT2D eigenvalue weighted by Crippen LogP contribution is -2.52. The number of hydrogen-bond donors (Lipinski definition) is 0. The van der Waals surface area contributed by atoms with Gasteiger partial charge in [-0.2, -0.15) is 0 Å². The molecular formula is C23H26N2O3. The summed E-state index contributed by atoms with van der Waals surface area (Å²) in [6.07, 6.45) is 1.69. The van der Waals surface area contributed by atoms with E-state index < -0.39 is 6.04 Å². The van der Waals surface area contributed by atoms with Crippen LogP contribution < -0.4 is 0 Å². The van der Waals surface area contributed by atoms with Crippen molar-refractivity contribution < 1.29 is 14.4 Å². The number of hydrogen-bond acceptors (Lipinski definition) is 3. The van der Waals surface area contributed by atoms with Crippen molar-refractivity contribution in [3.8, 4) is 0 Å². The molecular weight excluding hydrogens is 352 g/mol. The van der Waals surface area contributed by atoms with E-state index in [1.165, 1.54) is 5.56 Å². The molecule has 1 atom stereocenters. The van der Waals surface area contributed by atoms with Crippen LogP contribution in [0.25, 0.3) is 0 Å². The summed E-state index contributed by atoms with van der Waals surface area (Å²) in [6.45, 7) is 4.30. The summed E-state index contributed by atoms with van der Waals surface area (Å²) in [7, 11) is 1.74. The molecule has 0 spiro atoms. The van der Waals surface area contributed by atoms with Crippen molar-refractivity contribution >= 4 is 17.7 Å². The van der Waals surface area contributed by atoms with Gasteiger partial charge in [0.15, 0.2) is 0 Å². The maximum atomic E-state index is 13.1. The summed E-state index contributed by atoms with van der Waals surface area (Å²) in [5.74, 6) is -1.14. The van der Waals surface area contributed by atoms with E-state index in [1.807, 2.05) is 32.0 Å². The minimum atomic E-state index is -0.797. The van der Waals surface area contributed by atoms with Crippen LogP contribution in [-0.4, -0.2) is 47.2 Å².